The maximum atomic E-state index is 5.82. The zero-order valence-corrected chi connectivity index (χ0v) is 12.4. The summed E-state index contributed by atoms with van der Waals surface area (Å²) in [6, 6.07) is 8.94. The molecular weight excluding hydrogens is 220 g/mol. The van der Waals surface area contributed by atoms with Crippen LogP contribution in [-0.4, -0.2) is 13.2 Å². The van der Waals surface area contributed by atoms with E-state index in [1.54, 1.807) is 0 Å². The molecular formula is C17H26O. The van der Waals surface area contributed by atoms with Crippen molar-refractivity contribution in [2.45, 2.75) is 58.0 Å². The van der Waals surface area contributed by atoms with Gasteiger partial charge in [-0.3, -0.25) is 0 Å². The Morgan fingerprint density at radius 2 is 2.00 bits per heavy atom. The van der Waals surface area contributed by atoms with Gasteiger partial charge >= 0.3 is 0 Å². The molecule has 0 radical (unpaired) electrons. The third-order valence-electron chi connectivity index (χ3n) is 4.72. The van der Waals surface area contributed by atoms with Gasteiger partial charge in [-0.05, 0) is 28.9 Å². The van der Waals surface area contributed by atoms with Crippen LogP contribution < -0.4 is 0 Å². The molecule has 0 heterocycles. The van der Waals surface area contributed by atoms with Crippen LogP contribution >= 0.6 is 0 Å². The Bertz CT molecular complexity index is 408. The first-order valence-electron chi connectivity index (χ1n) is 7.13. The molecule has 1 unspecified atom stereocenters. The Morgan fingerprint density at radius 1 is 1.33 bits per heavy atom. The van der Waals surface area contributed by atoms with E-state index in [1.807, 2.05) is 7.11 Å². The van der Waals surface area contributed by atoms with Gasteiger partial charge < -0.3 is 4.74 Å². The van der Waals surface area contributed by atoms with Crippen molar-refractivity contribution in [2.24, 2.45) is 5.92 Å². The Labute approximate surface area is 112 Å². The summed E-state index contributed by atoms with van der Waals surface area (Å²) in [4.78, 5) is 0. The molecule has 1 aliphatic carbocycles. The van der Waals surface area contributed by atoms with Gasteiger partial charge in [-0.25, -0.2) is 0 Å². The van der Waals surface area contributed by atoms with Crippen molar-refractivity contribution in [2.75, 3.05) is 7.11 Å². The van der Waals surface area contributed by atoms with Crippen molar-refractivity contribution < 1.29 is 4.74 Å². The summed E-state index contributed by atoms with van der Waals surface area (Å²) in [6.07, 6.45) is 2.68. The molecule has 0 bridgehead atoms. The van der Waals surface area contributed by atoms with Crippen molar-refractivity contribution in [3.63, 3.8) is 0 Å². The topological polar surface area (TPSA) is 9.23 Å². The summed E-state index contributed by atoms with van der Waals surface area (Å²) in [5, 5.41) is 0. The van der Waals surface area contributed by atoms with E-state index in [1.165, 1.54) is 17.5 Å². The van der Waals surface area contributed by atoms with Crippen LogP contribution in [0.25, 0.3) is 0 Å². The second-order valence-electron chi connectivity index (χ2n) is 6.36. The molecule has 0 amide bonds. The lowest BCUT2D eigenvalue weighted by Crippen LogP contribution is -2.39. The largest absolute Gasteiger partial charge is 0.381 e. The van der Waals surface area contributed by atoms with E-state index < -0.39 is 0 Å². The maximum Gasteiger partial charge on any atom is 0.0650 e. The molecule has 0 saturated heterocycles. The molecule has 0 spiro atoms. The van der Waals surface area contributed by atoms with E-state index in [-0.39, 0.29) is 5.41 Å². The third-order valence-corrected chi connectivity index (χ3v) is 4.72. The minimum Gasteiger partial charge on any atom is -0.381 e. The normalized spacial score (nSPS) is 27.6. The lowest BCUT2D eigenvalue weighted by Gasteiger charge is -2.44. The molecule has 3 atom stereocenters. The highest BCUT2D eigenvalue weighted by molar-refractivity contribution is 5.40. The summed E-state index contributed by atoms with van der Waals surface area (Å²) in [7, 11) is 1.87. The zero-order valence-electron chi connectivity index (χ0n) is 12.4. The highest BCUT2D eigenvalue weighted by atomic mass is 16.5. The standard InChI is InChI=1S/C17H26O/c1-6-12(2)16-13-9-7-8-10-14(13)17(3,4)11-15(16)18-5/h7-10,12,15-16H,6,11H2,1-5H3/t12-,15-,16?/m0/s1. The number of ether oxygens (including phenoxy) is 1. The third kappa shape index (κ3) is 2.21. The van der Waals surface area contributed by atoms with Gasteiger partial charge in [-0.2, -0.15) is 0 Å². The summed E-state index contributed by atoms with van der Waals surface area (Å²) < 4.78 is 5.82. The molecule has 1 aliphatic rings. The molecule has 1 nitrogen and oxygen atoms in total. The fourth-order valence-corrected chi connectivity index (χ4v) is 3.50. The summed E-state index contributed by atoms with van der Waals surface area (Å²) >= 11 is 0. The summed E-state index contributed by atoms with van der Waals surface area (Å²) in [5.74, 6) is 1.22. The maximum absolute atomic E-state index is 5.82. The van der Waals surface area contributed by atoms with E-state index in [0.717, 1.165) is 6.42 Å². The monoisotopic (exact) mass is 246 g/mol. The summed E-state index contributed by atoms with van der Waals surface area (Å²) in [5.41, 5.74) is 3.25. The van der Waals surface area contributed by atoms with Gasteiger partial charge in [0.05, 0.1) is 6.10 Å². The van der Waals surface area contributed by atoms with Crippen molar-refractivity contribution in [3.05, 3.63) is 35.4 Å². The van der Waals surface area contributed by atoms with Crippen molar-refractivity contribution >= 4 is 0 Å². The van der Waals surface area contributed by atoms with Gasteiger partial charge in [0.15, 0.2) is 0 Å². The predicted molar refractivity (Wildman–Crippen MR) is 77.1 cm³/mol. The fourth-order valence-electron chi connectivity index (χ4n) is 3.50. The van der Waals surface area contributed by atoms with Crippen LogP contribution in [0, 0.1) is 5.92 Å². The minimum absolute atomic E-state index is 0.223. The van der Waals surface area contributed by atoms with Gasteiger partial charge in [0.1, 0.15) is 0 Å². The number of rotatable bonds is 3. The second-order valence-corrected chi connectivity index (χ2v) is 6.36. The molecule has 0 fully saturated rings. The van der Waals surface area contributed by atoms with Crippen LogP contribution in [0.1, 0.15) is 57.6 Å². The lowest BCUT2D eigenvalue weighted by atomic mass is 9.64. The Morgan fingerprint density at radius 3 is 2.61 bits per heavy atom. The lowest BCUT2D eigenvalue weighted by molar-refractivity contribution is 0.0302. The van der Waals surface area contributed by atoms with E-state index >= 15 is 0 Å². The van der Waals surface area contributed by atoms with Gasteiger partial charge in [0.2, 0.25) is 0 Å². The first kappa shape index (κ1) is 13.6. The van der Waals surface area contributed by atoms with Crippen LogP contribution in [0.4, 0.5) is 0 Å². The number of hydrogen-bond acceptors (Lipinski definition) is 1. The van der Waals surface area contributed by atoms with Crippen LogP contribution in [0.2, 0.25) is 0 Å². The average molecular weight is 246 g/mol. The summed E-state index contributed by atoms with van der Waals surface area (Å²) in [6.45, 7) is 9.31. The molecule has 0 N–H and O–H groups in total. The first-order valence-corrected chi connectivity index (χ1v) is 7.13. The fraction of sp³-hybridized carbons (Fsp3) is 0.647. The molecule has 0 aliphatic heterocycles. The highest BCUT2D eigenvalue weighted by Crippen LogP contribution is 2.47. The van der Waals surface area contributed by atoms with Crippen LogP contribution in [0.5, 0.6) is 0 Å². The van der Waals surface area contributed by atoms with Gasteiger partial charge in [-0.15, -0.1) is 0 Å². The van der Waals surface area contributed by atoms with Gasteiger partial charge in [0, 0.05) is 13.0 Å². The van der Waals surface area contributed by atoms with E-state index in [0.29, 0.717) is 17.9 Å². The molecule has 2 rings (SSSR count). The van der Waals surface area contributed by atoms with E-state index in [2.05, 4.69) is 52.0 Å². The Kier molecular flexibility index (Phi) is 3.82. The van der Waals surface area contributed by atoms with Crippen molar-refractivity contribution in [3.8, 4) is 0 Å². The smallest absolute Gasteiger partial charge is 0.0650 e. The Balaban J connectivity index is 2.51. The van der Waals surface area contributed by atoms with E-state index in [9.17, 15) is 0 Å². The molecule has 1 heteroatoms. The van der Waals surface area contributed by atoms with Gasteiger partial charge in [-0.1, -0.05) is 58.4 Å². The second kappa shape index (κ2) is 5.05. The SMILES string of the molecule is CC[C@H](C)C1c2ccccc2C(C)(C)C[C@@H]1OC. The average Bonchev–Trinajstić information content (AvgIpc) is 2.37. The molecule has 1 aromatic carbocycles. The first-order chi connectivity index (χ1) is 8.51. The molecule has 100 valence electrons. The highest BCUT2D eigenvalue weighted by Gasteiger charge is 2.40. The van der Waals surface area contributed by atoms with Crippen LogP contribution in [0.15, 0.2) is 24.3 Å². The number of fused-ring (bicyclic) bond motifs is 1. The quantitative estimate of drug-likeness (QED) is 0.762. The van der Waals surface area contributed by atoms with Crippen molar-refractivity contribution in [1.82, 2.24) is 0 Å². The molecule has 18 heavy (non-hydrogen) atoms. The molecule has 1 aromatic rings. The number of hydrogen-bond donors (Lipinski definition) is 0. The van der Waals surface area contributed by atoms with Crippen LogP contribution in [0.3, 0.4) is 0 Å². The number of benzene rings is 1. The Hall–Kier alpha value is -0.820. The predicted octanol–water partition coefficient (Wildman–Crippen LogP) is 4.51. The zero-order chi connectivity index (χ0) is 13.3. The molecule has 0 aromatic heterocycles. The minimum atomic E-state index is 0.223. The van der Waals surface area contributed by atoms with Crippen molar-refractivity contribution in [1.29, 1.82) is 0 Å². The molecule has 0 saturated carbocycles. The van der Waals surface area contributed by atoms with Gasteiger partial charge in [0.25, 0.3) is 0 Å². The van der Waals surface area contributed by atoms with E-state index in [4.69, 9.17) is 4.74 Å². The number of methoxy groups -OCH3 is 1. The van der Waals surface area contributed by atoms with Crippen LogP contribution in [-0.2, 0) is 10.2 Å².